The zero-order valence-electron chi connectivity index (χ0n) is 31.8. The largest absolute Gasteiger partial charge is 0.508 e. The first-order valence-electron chi connectivity index (χ1n) is 20.3. The van der Waals surface area contributed by atoms with Crippen LogP contribution in [-0.4, -0.2) is 90.1 Å². The topological polar surface area (TPSA) is 101 Å². The molecule has 2 amide bonds. The molecule has 1 saturated carbocycles. The standard InChI is InChI=1S/C46H46F2N4O5/c47-39-23-31(43-35(29-4-2-1-3-5-29)10-6-30-22-33(53)8-12-36(30)43)24-40(48)44(39)51-16-14-28(15-17-51)27-49-18-20-50(21-19-49)32-7-11-37-38(25-32)46(57)52(45(37)56)41-13-9-34(54)26-42(41)55/h1-5,7-8,11-12,22-25,28,35,41,43,53H,6,9-10,13-21,26-27H2/t35-,41?,43+/m1/s1. The Morgan fingerprint density at radius 3 is 2.11 bits per heavy atom. The summed E-state index contributed by atoms with van der Waals surface area (Å²) in [7, 11) is 0. The number of hydrogen-bond acceptors (Lipinski definition) is 8. The van der Waals surface area contributed by atoms with Crippen molar-refractivity contribution >= 4 is 34.8 Å². The Labute approximate surface area is 330 Å². The van der Waals surface area contributed by atoms with Crippen molar-refractivity contribution < 1.29 is 33.1 Å². The predicted molar refractivity (Wildman–Crippen MR) is 212 cm³/mol. The van der Waals surface area contributed by atoms with E-state index in [1.54, 1.807) is 24.3 Å². The second-order valence-corrected chi connectivity index (χ2v) is 16.4. The Bertz CT molecular complexity index is 2230. The van der Waals surface area contributed by atoms with E-state index in [2.05, 4.69) is 21.9 Å². The van der Waals surface area contributed by atoms with Gasteiger partial charge in [-0.15, -0.1) is 0 Å². The van der Waals surface area contributed by atoms with Gasteiger partial charge in [-0.1, -0.05) is 36.4 Å². The second-order valence-electron chi connectivity index (χ2n) is 16.4. The molecule has 3 fully saturated rings. The number of rotatable bonds is 7. The van der Waals surface area contributed by atoms with E-state index in [9.17, 15) is 24.3 Å². The summed E-state index contributed by atoms with van der Waals surface area (Å²) >= 11 is 0. The van der Waals surface area contributed by atoms with E-state index in [1.165, 1.54) is 12.1 Å². The van der Waals surface area contributed by atoms with Gasteiger partial charge in [0.05, 0.1) is 23.6 Å². The first-order chi connectivity index (χ1) is 27.6. The number of ketones is 2. The fourth-order valence-corrected chi connectivity index (χ4v) is 10.1. The summed E-state index contributed by atoms with van der Waals surface area (Å²) in [5.41, 5.74) is 5.25. The number of phenols is 1. The number of Topliss-reactive ketones (excluding diaryl/α,β-unsaturated/α-hetero) is 2. The molecular formula is C46H46F2N4O5. The molecule has 2 aliphatic carbocycles. The van der Waals surface area contributed by atoms with E-state index >= 15 is 8.78 Å². The number of aryl methyl sites for hydroxylation is 1. The number of amides is 2. The summed E-state index contributed by atoms with van der Waals surface area (Å²) in [6.07, 6.45) is 3.37. The highest BCUT2D eigenvalue weighted by atomic mass is 19.1. The molecule has 0 radical (unpaired) electrons. The number of piperazine rings is 1. The van der Waals surface area contributed by atoms with E-state index in [0.717, 1.165) is 85.7 Å². The van der Waals surface area contributed by atoms with Crippen LogP contribution in [0.1, 0.15) is 93.3 Å². The molecule has 0 spiro atoms. The lowest BCUT2D eigenvalue weighted by Crippen LogP contribution is -2.49. The van der Waals surface area contributed by atoms with Crippen molar-refractivity contribution in [3.8, 4) is 5.75 Å². The van der Waals surface area contributed by atoms with Crippen molar-refractivity contribution in [2.45, 2.75) is 62.8 Å². The minimum atomic E-state index is -0.886. The molecule has 3 heterocycles. The van der Waals surface area contributed by atoms with Crippen LogP contribution in [0.4, 0.5) is 20.2 Å². The smallest absolute Gasteiger partial charge is 0.262 e. The molecule has 9 nitrogen and oxygen atoms in total. The summed E-state index contributed by atoms with van der Waals surface area (Å²) in [4.78, 5) is 58.4. The molecule has 1 unspecified atom stereocenters. The van der Waals surface area contributed by atoms with Crippen LogP contribution in [-0.2, 0) is 16.0 Å². The third-order valence-corrected chi connectivity index (χ3v) is 13.1. The maximum Gasteiger partial charge on any atom is 0.262 e. The van der Waals surface area contributed by atoms with Crippen LogP contribution >= 0.6 is 0 Å². The quantitative estimate of drug-likeness (QED) is 0.161. The van der Waals surface area contributed by atoms with Crippen LogP contribution < -0.4 is 9.80 Å². The predicted octanol–water partition coefficient (Wildman–Crippen LogP) is 6.86. The van der Waals surface area contributed by atoms with Gasteiger partial charge in [-0.3, -0.25) is 29.0 Å². The number of carbonyl (C=O) groups is 4. The number of nitrogens with zero attached hydrogens (tertiary/aromatic N) is 4. The van der Waals surface area contributed by atoms with Crippen LogP contribution in [0.5, 0.6) is 5.75 Å². The Balaban J connectivity index is 0.817. The number of piperidine rings is 1. The van der Waals surface area contributed by atoms with Gasteiger partial charge in [0.1, 0.15) is 28.9 Å². The van der Waals surface area contributed by atoms with Gasteiger partial charge in [-0.05, 0) is 109 Å². The lowest BCUT2D eigenvalue weighted by Gasteiger charge is -2.40. The van der Waals surface area contributed by atoms with Gasteiger partial charge in [0.2, 0.25) is 0 Å². The number of fused-ring (bicyclic) bond motifs is 2. The van der Waals surface area contributed by atoms with Gasteiger partial charge >= 0.3 is 0 Å². The van der Waals surface area contributed by atoms with Crippen LogP contribution in [0.3, 0.4) is 0 Å². The van der Waals surface area contributed by atoms with Gasteiger partial charge in [0.25, 0.3) is 11.8 Å². The number of phenolic OH excluding ortho intramolecular Hbond substituents is 1. The highest BCUT2D eigenvalue weighted by molar-refractivity contribution is 6.24. The summed E-state index contributed by atoms with van der Waals surface area (Å²) in [6, 6.07) is 22.9. The average molecular weight is 773 g/mol. The third kappa shape index (κ3) is 7.00. The van der Waals surface area contributed by atoms with Gasteiger partial charge in [-0.25, -0.2) is 8.78 Å². The van der Waals surface area contributed by atoms with Crippen molar-refractivity contribution in [1.82, 2.24) is 9.80 Å². The van der Waals surface area contributed by atoms with Crippen molar-refractivity contribution in [3.05, 3.63) is 124 Å². The zero-order valence-corrected chi connectivity index (χ0v) is 31.8. The number of benzene rings is 4. The molecule has 3 atom stereocenters. The molecule has 294 valence electrons. The molecule has 4 aromatic rings. The minimum Gasteiger partial charge on any atom is -0.508 e. The lowest BCUT2D eigenvalue weighted by atomic mass is 9.69. The summed E-state index contributed by atoms with van der Waals surface area (Å²) < 4.78 is 32.2. The van der Waals surface area contributed by atoms with Gasteiger partial charge in [-0.2, -0.15) is 0 Å². The van der Waals surface area contributed by atoms with Gasteiger partial charge in [0, 0.05) is 63.8 Å². The Morgan fingerprint density at radius 1 is 0.667 bits per heavy atom. The fraction of sp³-hybridized carbons (Fsp3) is 0.391. The van der Waals surface area contributed by atoms with Crippen molar-refractivity contribution in [1.29, 1.82) is 0 Å². The molecule has 11 heteroatoms. The maximum atomic E-state index is 16.1. The van der Waals surface area contributed by atoms with E-state index in [1.807, 2.05) is 35.2 Å². The molecule has 0 aromatic heterocycles. The number of halogens is 2. The first kappa shape index (κ1) is 37.2. The first-order valence-corrected chi connectivity index (χ1v) is 20.3. The highest BCUT2D eigenvalue weighted by Gasteiger charge is 2.45. The molecule has 0 bridgehead atoms. The van der Waals surface area contributed by atoms with Crippen LogP contribution in [0.25, 0.3) is 0 Å². The van der Waals surface area contributed by atoms with Crippen molar-refractivity contribution in [3.63, 3.8) is 0 Å². The number of anilines is 2. The SMILES string of the molecule is O=C1CCC(N2C(=O)c3ccc(N4CCN(CC5CCN(c6c(F)cc([C@@H]7c8ccc(O)cc8CC[C@@H]7c7ccccc7)cc6F)CC5)CC4)cc3C2=O)C(=O)C1. The van der Waals surface area contributed by atoms with Crippen molar-refractivity contribution in [2.75, 3.05) is 55.6 Å². The van der Waals surface area contributed by atoms with E-state index in [4.69, 9.17) is 0 Å². The summed E-state index contributed by atoms with van der Waals surface area (Å²) in [5, 5.41) is 10.2. The maximum absolute atomic E-state index is 16.1. The number of carbonyl (C=O) groups excluding carboxylic acids is 4. The van der Waals surface area contributed by atoms with Gasteiger partial charge in [0.15, 0.2) is 5.78 Å². The minimum absolute atomic E-state index is 0.0434. The Kier molecular flexibility index (Phi) is 9.88. The molecule has 9 rings (SSSR count). The summed E-state index contributed by atoms with van der Waals surface area (Å²) in [5.74, 6) is -2.16. The van der Waals surface area contributed by atoms with Crippen LogP contribution in [0.2, 0.25) is 0 Å². The van der Waals surface area contributed by atoms with E-state index in [0.29, 0.717) is 35.7 Å². The molecular weight excluding hydrogens is 727 g/mol. The highest BCUT2D eigenvalue weighted by Crippen LogP contribution is 2.48. The molecule has 1 N–H and O–H groups in total. The average Bonchev–Trinajstić information content (AvgIpc) is 3.46. The van der Waals surface area contributed by atoms with E-state index < -0.39 is 29.5 Å². The Hall–Kier alpha value is -5.42. The summed E-state index contributed by atoms with van der Waals surface area (Å²) in [6.45, 7) is 5.15. The molecule has 4 aromatic carbocycles. The fourth-order valence-electron chi connectivity index (χ4n) is 10.1. The second kappa shape index (κ2) is 15.2. The molecule has 2 saturated heterocycles. The monoisotopic (exact) mass is 772 g/mol. The van der Waals surface area contributed by atoms with Crippen LogP contribution in [0.15, 0.2) is 78.9 Å². The molecule has 57 heavy (non-hydrogen) atoms. The number of hydrogen-bond donors (Lipinski definition) is 1. The lowest BCUT2D eigenvalue weighted by molar-refractivity contribution is -0.132. The number of aromatic hydroxyl groups is 1. The number of imide groups is 1. The molecule has 3 aliphatic heterocycles. The van der Waals surface area contributed by atoms with Gasteiger partial charge < -0.3 is 14.9 Å². The zero-order chi connectivity index (χ0) is 39.4. The van der Waals surface area contributed by atoms with Crippen LogP contribution in [0, 0.1) is 17.6 Å². The van der Waals surface area contributed by atoms with Crippen molar-refractivity contribution in [2.24, 2.45) is 5.92 Å². The normalized spacial score (nSPS) is 23.3. The third-order valence-electron chi connectivity index (χ3n) is 13.1. The Morgan fingerprint density at radius 2 is 1.39 bits per heavy atom. The van der Waals surface area contributed by atoms with E-state index in [-0.39, 0.29) is 54.1 Å². The molecule has 5 aliphatic rings.